The molecule has 1 aromatic rings. The van der Waals surface area contributed by atoms with E-state index in [0.29, 0.717) is 32.3 Å². The fourth-order valence-corrected chi connectivity index (χ4v) is 1.28. The Bertz CT molecular complexity index is 285. The third kappa shape index (κ3) is 6.62. The van der Waals surface area contributed by atoms with Gasteiger partial charge in [-0.2, -0.15) is 0 Å². The summed E-state index contributed by atoms with van der Waals surface area (Å²) in [6.45, 7) is 2.41. The second-order valence-electron chi connectivity index (χ2n) is 3.19. The molecule has 0 radical (unpaired) electrons. The number of hydrogen-bond donors (Lipinski definition) is 0. The molecule has 3 heteroatoms. The second kappa shape index (κ2) is 9.40. The first-order chi connectivity index (χ1) is 7.93. The van der Waals surface area contributed by atoms with Gasteiger partial charge in [-0.3, -0.25) is 0 Å². The van der Waals surface area contributed by atoms with Crippen molar-refractivity contribution in [3.05, 3.63) is 42.0 Å². The first kappa shape index (κ1) is 13.2. The Labute approximate surface area is 102 Å². The van der Waals surface area contributed by atoms with Gasteiger partial charge >= 0.3 is 0 Å². The van der Waals surface area contributed by atoms with Crippen LogP contribution in [0.15, 0.2) is 36.4 Å². The molecule has 2 nitrogen and oxygen atoms in total. The van der Waals surface area contributed by atoms with Crippen molar-refractivity contribution in [2.45, 2.75) is 0 Å². The Hall–Kier alpha value is -0.830. The Morgan fingerprint density at radius 2 is 1.75 bits per heavy atom. The number of halogens is 1. The van der Waals surface area contributed by atoms with E-state index in [1.54, 1.807) is 0 Å². The maximum atomic E-state index is 5.45. The summed E-state index contributed by atoms with van der Waals surface area (Å²) in [6.07, 6.45) is 4.04. The number of ether oxygens (including phenoxy) is 2. The topological polar surface area (TPSA) is 18.5 Å². The first-order valence-corrected chi connectivity index (χ1v) is 5.90. The highest BCUT2D eigenvalue weighted by atomic mass is 35.5. The van der Waals surface area contributed by atoms with Crippen LogP contribution in [0.4, 0.5) is 0 Å². The van der Waals surface area contributed by atoms with Gasteiger partial charge in [0.2, 0.25) is 0 Å². The zero-order valence-electron chi connectivity index (χ0n) is 9.27. The Morgan fingerprint density at radius 1 is 1.00 bits per heavy atom. The molecule has 16 heavy (non-hydrogen) atoms. The summed E-state index contributed by atoms with van der Waals surface area (Å²) in [5, 5.41) is 0. The maximum absolute atomic E-state index is 5.45. The lowest BCUT2D eigenvalue weighted by atomic mass is 10.2. The molecular weight excluding hydrogens is 224 g/mol. The van der Waals surface area contributed by atoms with Crippen LogP contribution in [0.2, 0.25) is 0 Å². The third-order valence-corrected chi connectivity index (χ3v) is 2.07. The van der Waals surface area contributed by atoms with Crippen LogP contribution in [-0.4, -0.2) is 32.3 Å². The van der Waals surface area contributed by atoms with Gasteiger partial charge in [-0.15, -0.1) is 11.6 Å². The summed E-state index contributed by atoms with van der Waals surface area (Å²) in [5.74, 6) is 0.536. The van der Waals surface area contributed by atoms with Gasteiger partial charge in [0.05, 0.1) is 26.4 Å². The minimum atomic E-state index is 0.536. The normalized spacial score (nSPS) is 11.1. The standard InChI is InChI=1S/C13H17ClO2/c14-8-10-16-12-11-15-9-4-7-13-5-2-1-3-6-13/h1-7H,8-12H2. The van der Waals surface area contributed by atoms with Crippen molar-refractivity contribution in [2.24, 2.45) is 0 Å². The molecule has 0 atom stereocenters. The van der Waals surface area contributed by atoms with Crippen LogP contribution < -0.4 is 0 Å². The van der Waals surface area contributed by atoms with Gasteiger partial charge in [0.15, 0.2) is 0 Å². The quantitative estimate of drug-likeness (QED) is 0.514. The fraction of sp³-hybridized carbons (Fsp3) is 0.385. The van der Waals surface area contributed by atoms with Crippen molar-refractivity contribution in [1.29, 1.82) is 0 Å². The van der Waals surface area contributed by atoms with E-state index < -0.39 is 0 Å². The van der Waals surface area contributed by atoms with E-state index in [1.165, 1.54) is 5.56 Å². The highest BCUT2D eigenvalue weighted by molar-refractivity contribution is 6.17. The molecule has 88 valence electrons. The Kier molecular flexibility index (Phi) is 7.78. The van der Waals surface area contributed by atoms with Gasteiger partial charge in [-0.05, 0) is 5.56 Å². The molecule has 0 spiro atoms. The Morgan fingerprint density at radius 3 is 2.50 bits per heavy atom. The predicted molar refractivity (Wildman–Crippen MR) is 67.8 cm³/mol. The zero-order valence-corrected chi connectivity index (χ0v) is 10.0. The van der Waals surface area contributed by atoms with Crippen molar-refractivity contribution < 1.29 is 9.47 Å². The molecule has 1 rings (SSSR count). The van der Waals surface area contributed by atoms with Crippen LogP contribution in [-0.2, 0) is 9.47 Å². The zero-order chi connectivity index (χ0) is 11.5. The molecule has 0 saturated carbocycles. The first-order valence-electron chi connectivity index (χ1n) is 5.36. The van der Waals surface area contributed by atoms with Crippen LogP contribution in [0.5, 0.6) is 0 Å². The molecule has 0 aliphatic heterocycles. The molecule has 0 aliphatic rings. The van der Waals surface area contributed by atoms with E-state index in [0.717, 1.165) is 0 Å². The van der Waals surface area contributed by atoms with Gasteiger partial charge in [-0.1, -0.05) is 42.5 Å². The molecule has 0 heterocycles. The van der Waals surface area contributed by atoms with Crippen LogP contribution in [0, 0.1) is 0 Å². The molecule has 0 aromatic heterocycles. The second-order valence-corrected chi connectivity index (χ2v) is 3.57. The van der Waals surface area contributed by atoms with Crippen LogP contribution >= 0.6 is 11.6 Å². The van der Waals surface area contributed by atoms with Gasteiger partial charge in [0.25, 0.3) is 0 Å². The summed E-state index contributed by atoms with van der Waals surface area (Å²) in [6, 6.07) is 10.1. The average molecular weight is 241 g/mol. The third-order valence-electron chi connectivity index (χ3n) is 1.92. The molecule has 1 aromatic carbocycles. The highest BCUT2D eigenvalue weighted by Gasteiger charge is 1.87. The van der Waals surface area contributed by atoms with Crippen molar-refractivity contribution in [2.75, 3.05) is 32.3 Å². The fourth-order valence-electron chi connectivity index (χ4n) is 1.17. The van der Waals surface area contributed by atoms with Crippen molar-refractivity contribution >= 4 is 17.7 Å². The lowest BCUT2D eigenvalue weighted by Crippen LogP contribution is -2.05. The molecule has 0 unspecified atom stereocenters. The largest absolute Gasteiger partial charge is 0.378 e. The number of rotatable bonds is 8. The van der Waals surface area contributed by atoms with Crippen LogP contribution in [0.3, 0.4) is 0 Å². The van der Waals surface area contributed by atoms with Gasteiger partial charge in [-0.25, -0.2) is 0 Å². The van der Waals surface area contributed by atoms with E-state index >= 15 is 0 Å². The monoisotopic (exact) mass is 240 g/mol. The molecule has 0 amide bonds. The maximum Gasteiger partial charge on any atom is 0.0704 e. The van der Waals surface area contributed by atoms with E-state index in [-0.39, 0.29) is 0 Å². The summed E-state index contributed by atoms with van der Waals surface area (Å²) >= 11 is 5.45. The molecule has 0 saturated heterocycles. The lowest BCUT2D eigenvalue weighted by Gasteiger charge is -2.01. The Balaban J connectivity index is 2.01. The van der Waals surface area contributed by atoms with Crippen molar-refractivity contribution in [3.8, 4) is 0 Å². The highest BCUT2D eigenvalue weighted by Crippen LogP contribution is 2.00. The predicted octanol–water partition coefficient (Wildman–Crippen LogP) is 2.97. The van der Waals surface area contributed by atoms with Gasteiger partial charge in [0, 0.05) is 5.88 Å². The minimum absolute atomic E-state index is 0.536. The minimum Gasteiger partial charge on any atom is -0.378 e. The molecule has 0 fully saturated rings. The van der Waals surface area contributed by atoms with Crippen LogP contribution in [0.1, 0.15) is 5.56 Å². The summed E-state index contributed by atoms with van der Waals surface area (Å²) in [5.41, 5.74) is 1.18. The van der Waals surface area contributed by atoms with Crippen molar-refractivity contribution in [1.82, 2.24) is 0 Å². The number of alkyl halides is 1. The number of hydrogen-bond acceptors (Lipinski definition) is 2. The summed E-state index contributed by atoms with van der Waals surface area (Å²) < 4.78 is 10.5. The summed E-state index contributed by atoms with van der Waals surface area (Å²) in [4.78, 5) is 0. The number of benzene rings is 1. The summed E-state index contributed by atoms with van der Waals surface area (Å²) in [7, 11) is 0. The van der Waals surface area contributed by atoms with Crippen LogP contribution in [0.25, 0.3) is 6.08 Å². The average Bonchev–Trinajstić information content (AvgIpc) is 2.34. The van der Waals surface area contributed by atoms with E-state index in [9.17, 15) is 0 Å². The molecule has 0 N–H and O–H groups in total. The molecule has 0 aliphatic carbocycles. The molecule has 0 bridgehead atoms. The van der Waals surface area contributed by atoms with E-state index in [2.05, 4.69) is 12.1 Å². The lowest BCUT2D eigenvalue weighted by molar-refractivity contribution is 0.0653. The van der Waals surface area contributed by atoms with Gasteiger partial charge < -0.3 is 9.47 Å². The van der Waals surface area contributed by atoms with Crippen molar-refractivity contribution in [3.63, 3.8) is 0 Å². The molecular formula is C13H17ClO2. The van der Waals surface area contributed by atoms with E-state index in [4.69, 9.17) is 21.1 Å². The smallest absolute Gasteiger partial charge is 0.0704 e. The SMILES string of the molecule is ClCCOCCOCC=Cc1ccccc1. The van der Waals surface area contributed by atoms with Gasteiger partial charge in [0.1, 0.15) is 0 Å². The van der Waals surface area contributed by atoms with E-state index in [1.807, 2.05) is 30.4 Å².